The van der Waals surface area contributed by atoms with Crippen molar-refractivity contribution in [1.82, 2.24) is 0 Å². The van der Waals surface area contributed by atoms with Crippen LogP contribution in [-0.2, 0) is 6.54 Å². The average molecular weight is 214 g/mol. The van der Waals surface area contributed by atoms with E-state index in [9.17, 15) is 4.39 Å². The van der Waals surface area contributed by atoms with Gasteiger partial charge in [0.05, 0.1) is 0 Å². The summed E-state index contributed by atoms with van der Waals surface area (Å²) in [6, 6.07) is 4.33. The maximum Gasteiger partial charge on any atom is 0.240 e. The second-order valence-corrected chi connectivity index (χ2v) is 2.91. The zero-order valence-electron chi connectivity index (χ0n) is 5.64. The Labute approximate surface area is 72.8 Å². The number of benzene rings is 1. The van der Waals surface area contributed by atoms with Gasteiger partial charge in [-0.25, -0.2) is 11.0 Å². The van der Waals surface area contributed by atoms with Gasteiger partial charge in [-0.2, -0.15) is 0 Å². The van der Waals surface area contributed by atoms with Gasteiger partial charge in [0.25, 0.3) is 0 Å². The quantitative estimate of drug-likeness (QED) is 0.633. The van der Waals surface area contributed by atoms with Crippen LogP contribution in [0.5, 0.6) is 0 Å². The summed E-state index contributed by atoms with van der Waals surface area (Å²) < 4.78 is 13.3. The van der Waals surface area contributed by atoms with E-state index in [1.807, 2.05) is 0 Å². The van der Waals surface area contributed by atoms with Crippen LogP contribution in [0.1, 0.15) is 5.56 Å². The molecule has 0 aliphatic rings. The molecule has 3 heteroatoms. The van der Waals surface area contributed by atoms with Gasteiger partial charge in [0.15, 0.2) is 0 Å². The van der Waals surface area contributed by atoms with E-state index >= 15 is 0 Å². The van der Waals surface area contributed by atoms with E-state index in [4.69, 9.17) is 6.57 Å². The lowest BCUT2D eigenvalue weighted by Crippen LogP contribution is -1.83. The van der Waals surface area contributed by atoms with Gasteiger partial charge in [0, 0.05) is 10.0 Å². The Hall–Kier alpha value is -0.880. The zero-order chi connectivity index (χ0) is 8.27. The van der Waals surface area contributed by atoms with Gasteiger partial charge in [0.1, 0.15) is 5.82 Å². The average Bonchev–Trinajstić information content (AvgIpc) is 1.98. The van der Waals surface area contributed by atoms with Gasteiger partial charge in [-0.3, -0.25) is 0 Å². The van der Waals surface area contributed by atoms with Crippen molar-refractivity contribution in [2.45, 2.75) is 6.54 Å². The highest BCUT2D eigenvalue weighted by Crippen LogP contribution is 2.18. The van der Waals surface area contributed by atoms with E-state index in [0.717, 1.165) is 4.47 Å². The molecular formula is C8H5BrFN. The van der Waals surface area contributed by atoms with Crippen LogP contribution in [0.4, 0.5) is 4.39 Å². The molecule has 0 aliphatic heterocycles. The Morgan fingerprint density at radius 3 is 2.91 bits per heavy atom. The van der Waals surface area contributed by atoms with Crippen LogP contribution in [0, 0.1) is 12.4 Å². The molecule has 0 spiro atoms. The van der Waals surface area contributed by atoms with E-state index in [0.29, 0.717) is 5.56 Å². The Kier molecular flexibility index (Phi) is 2.61. The summed E-state index contributed by atoms with van der Waals surface area (Å²) in [6.07, 6.45) is 0. The van der Waals surface area contributed by atoms with Crippen molar-refractivity contribution in [3.8, 4) is 0 Å². The number of hydrogen-bond donors (Lipinski definition) is 0. The Balaban J connectivity index is 3.05. The molecule has 0 saturated carbocycles. The Morgan fingerprint density at radius 2 is 2.27 bits per heavy atom. The minimum Gasteiger partial charge on any atom is -0.312 e. The van der Waals surface area contributed by atoms with Gasteiger partial charge in [-0.1, -0.05) is 15.9 Å². The molecule has 0 atom stereocenters. The molecule has 1 nitrogen and oxygen atoms in total. The first kappa shape index (κ1) is 8.22. The molecule has 0 N–H and O–H groups in total. The van der Waals surface area contributed by atoms with Crippen molar-refractivity contribution in [3.63, 3.8) is 0 Å². The SMILES string of the molecule is [C-]#[N+]Cc1cc(F)ccc1Br. The first-order chi connectivity index (χ1) is 5.24. The molecule has 56 valence electrons. The van der Waals surface area contributed by atoms with E-state index in [2.05, 4.69) is 20.8 Å². The van der Waals surface area contributed by atoms with Crippen LogP contribution < -0.4 is 0 Å². The van der Waals surface area contributed by atoms with Crippen molar-refractivity contribution >= 4 is 15.9 Å². The number of halogens is 2. The predicted octanol–water partition coefficient (Wildman–Crippen LogP) is 3.01. The molecule has 0 bridgehead atoms. The van der Waals surface area contributed by atoms with E-state index in [1.54, 1.807) is 6.07 Å². The Morgan fingerprint density at radius 1 is 1.55 bits per heavy atom. The van der Waals surface area contributed by atoms with Gasteiger partial charge in [-0.05, 0) is 18.2 Å². The summed E-state index contributed by atoms with van der Waals surface area (Å²) in [5.74, 6) is -0.299. The summed E-state index contributed by atoms with van der Waals surface area (Å²) >= 11 is 3.22. The molecule has 0 aromatic heterocycles. The van der Waals surface area contributed by atoms with Crippen LogP contribution in [-0.4, -0.2) is 0 Å². The van der Waals surface area contributed by atoms with Crippen molar-refractivity contribution in [2.75, 3.05) is 0 Å². The molecule has 0 fully saturated rings. The highest BCUT2D eigenvalue weighted by atomic mass is 79.9. The number of rotatable bonds is 1. The number of hydrogen-bond acceptors (Lipinski definition) is 0. The highest BCUT2D eigenvalue weighted by molar-refractivity contribution is 9.10. The van der Waals surface area contributed by atoms with Crippen molar-refractivity contribution < 1.29 is 4.39 Å². The van der Waals surface area contributed by atoms with Gasteiger partial charge < -0.3 is 4.85 Å². The molecule has 0 unspecified atom stereocenters. The Bertz CT molecular complexity index is 303. The summed E-state index contributed by atoms with van der Waals surface area (Å²) in [5, 5.41) is 0. The van der Waals surface area contributed by atoms with E-state index in [1.165, 1.54) is 12.1 Å². The third-order valence-corrected chi connectivity index (χ3v) is 2.03. The van der Waals surface area contributed by atoms with Crippen molar-refractivity contribution in [3.05, 3.63) is 45.5 Å². The molecule has 0 saturated heterocycles. The van der Waals surface area contributed by atoms with Crippen LogP contribution in [0.3, 0.4) is 0 Å². The second kappa shape index (κ2) is 3.49. The summed E-state index contributed by atoms with van der Waals surface area (Å²) in [5.41, 5.74) is 0.694. The zero-order valence-corrected chi connectivity index (χ0v) is 7.23. The third-order valence-electron chi connectivity index (χ3n) is 1.26. The fraction of sp³-hybridized carbons (Fsp3) is 0.125. The molecule has 0 aliphatic carbocycles. The standard InChI is InChI=1S/C8H5BrFN/c1-11-5-6-4-7(10)2-3-8(6)9/h2-4H,5H2. The summed E-state index contributed by atoms with van der Waals surface area (Å²) in [4.78, 5) is 3.16. The van der Waals surface area contributed by atoms with E-state index < -0.39 is 0 Å². The lowest BCUT2D eigenvalue weighted by Gasteiger charge is -1.95. The minimum atomic E-state index is -0.299. The van der Waals surface area contributed by atoms with Gasteiger partial charge >= 0.3 is 0 Å². The van der Waals surface area contributed by atoms with Crippen molar-refractivity contribution in [1.29, 1.82) is 0 Å². The molecule has 1 rings (SSSR count). The highest BCUT2D eigenvalue weighted by Gasteiger charge is 2.02. The molecule has 0 radical (unpaired) electrons. The lowest BCUT2D eigenvalue weighted by atomic mass is 10.2. The fourth-order valence-electron chi connectivity index (χ4n) is 0.750. The van der Waals surface area contributed by atoms with Crippen molar-refractivity contribution in [2.24, 2.45) is 0 Å². The van der Waals surface area contributed by atoms with Crippen LogP contribution in [0.2, 0.25) is 0 Å². The molecular weight excluding hydrogens is 209 g/mol. The topological polar surface area (TPSA) is 4.36 Å². The molecule has 0 amide bonds. The maximum atomic E-state index is 12.5. The first-order valence-corrected chi connectivity index (χ1v) is 3.80. The van der Waals surface area contributed by atoms with Crippen LogP contribution in [0.15, 0.2) is 22.7 Å². The summed E-state index contributed by atoms with van der Waals surface area (Å²) in [6.45, 7) is 6.81. The predicted molar refractivity (Wildman–Crippen MR) is 44.4 cm³/mol. The largest absolute Gasteiger partial charge is 0.312 e. The summed E-state index contributed by atoms with van der Waals surface area (Å²) in [7, 11) is 0. The van der Waals surface area contributed by atoms with E-state index in [-0.39, 0.29) is 12.4 Å². The first-order valence-electron chi connectivity index (χ1n) is 3.01. The lowest BCUT2D eigenvalue weighted by molar-refractivity contribution is 0.625. The monoisotopic (exact) mass is 213 g/mol. The normalized spacial score (nSPS) is 9.18. The molecule has 1 aromatic rings. The van der Waals surface area contributed by atoms with Gasteiger partial charge in [-0.15, -0.1) is 0 Å². The molecule has 0 heterocycles. The smallest absolute Gasteiger partial charge is 0.240 e. The maximum absolute atomic E-state index is 12.5. The van der Waals surface area contributed by atoms with Crippen LogP contribution >= 0.6 is 15.9 Å². The molecule has 11 heavy (non-hydrogen) atoms. The minimum absolute atomic E-state index is 0.221. The molecule has 1 aromatic carbocycles. The second-order valence-electron chi connectivity index (χ2n) is 2.05. The fourth-order valence-corrected chi connectivity index (χ4v) is 1.12. The van der Waals surface area contributed by atoms with Gasteiger partial charge in [0.2, 0.25) is 6.54 Å². The van der Waals surface area contributed by atoms with Crippen LogP contribution in [0.25, 0.3) is 4.85 Å². The number of nitrogens with zero attached hydrogens (tertiary/aromatic N) is 1. The third kappa shape index (κ3) is 2.02.